The smallest absolute Gasteiger partial charge is 0.318 e. The van der Waals surface area contributed by atoms with Crippen LogP contribution in [0.1, 0.15) is 72.6 Å². The molecule has 1 atom stereocenters. The van der Waals surface area contributed by atoms with Gasteiger partial charge in [-0.3, -0.25) is 9.78 Å². The standard InChI is InChI=1S/C20H26N6O3/c27-17(15-7-4-9-21-13-15)22-10-11-23-20(28)26-12-2-1-8-16(26)19-25-24-18(29-19)14-5-3-6-14/h4,7,9,13-14,16H,1-3,5-6,8,10-12H2,(H,22,27)(H,23,28). The highest BCUT2D eigenvalue weighted by Gasteiger charge is 2.33. The third-order valence-electron chi connectivity index (χ3n) is 5.57. The Bertz CT molecular complexity index is 836. The molecule has 2 aromatic rings. The molecular weight excluding hydrogens is 372 g/mol. The molecule has 1 aliphatic carbocycles. The Labute approximate surface area is 169 Å². The van der Waals surface area contributed by atoms with Gasteiger partial charge in [-0.15, -0.1) is 10.2 Å². The first-order valence-electron chi connectivity index (χ1n) is 10.3. The molecule has 4 rings (SSSR count). The van der Waals surface area contributed by atoms with Crippen LogP contribution in [0.25, 0.3) is 0 Å². The van der Waals surface area contributed by atoms with Crippen molar-refractivity contribution in [2.24, 2.45) is 0 Å². The summed E-state index contributed by atoms with van der Waals surface area (Å²) >= 11 is 0. The van der Waals surface area contributed by atoms with Crippen molar-refractivity contribution in [1.82, 2.24) is 30.7 Å². The summed E-state index contributed by atoms with van der Waals surface area (Å²) in [6, 6.07) is 3.05. The van der Waals surface area contributed by atoms with Crippen LogP contribution in [0, 0.1) is 0 Å². The van der Waals surface area contributed by atoms with Gasteiger partial charge in [0.25, 0.3) is 5.91 Å². The van der Waals surface area contributed by atoms with E-state index in [4.69, 9.17) is 4.42 Å². The maximum absolute atomic E-state index is 12.7. The summed E-state index contributed by atoms with van der Waals surface area (Å²) in [7, 11) is 0. The average Bonchev–Trinajstić information content (AvgIpc) is 3.19. The molecule has 1 aliphatic heterocycles. The number of amides is 3. The van der Waals surface area contributed by atoms with Crippen LogP contribution >= 0.6 is 0 Å². The molecule has 0 spiro atoms. The summed E-state index contributed by atoms with van der Waals surface area (Å²) in [6.45, 7) is 1.33. The maximum atomic E-state index is 12.7. The minimum atomic E-state index is -0.211. The van der Waals surface area contributed by atoms with Crippen LogP contribution in [0.5, 0.6) is 0 Å². The van der Waals surface area contributed by atoms with Gasteiger partial charge in [-0.1, -0.05) is 6.42 Å². The van der Waals surface area contributed by atoms with Crippen LogP contribution in [0.4, 0.5) is 4.79 Å². The maximum Gasteiger partial charge on any atom is 0.318 e. The summed E-state index contributed by atoms with van der Waals surface area (Å²) < 4.78 is 5.91. The van der Waals surface area contributed by atoms with Gasteiger partial charge in [0, 0.05) is 37.9 Å². The number of pyridine rings is 1. The normalized spacial score (nSPS) is 19.4. The molecule has 2 aliphatic rings. The lowest BCUT2D eigenvalue weighted by atomic mass is 9.85. The number of rotatable bonds is 6. The van der Waals surface area contributed by atoms with Gasteiger partial charge in [0.15, 0.2) is 0 Å². The number of nitrogens with zero attached hydrogens (tertiary/aromatic N) is 4. The van der Waals surface area contributed by atoms with Crippen molar-refractivity contribution in [3.63, 3.8) is 0 Å². The van der Waals surface area contributed by atoms with E-state index in [2.05, 4.69) is 25.8 Å². The van der Waals surface area contributed by atoms with E-state index < -0.39 is 0 Å². The molecule has 0 aromatic carbocycles. The molecule has 9 heteroatoms. The largest absolute Gasteiger partial charge is 0.423 e. The van der Waals surface area contributed by atoms with Gasteiger partial charge in [-0.25, -0.2) is 4.79 Å². The SMILES string of the molecule is O=C(NCCNC(=O)N1CCCCC1c1nnc(C2CCC2)o1)c1cccnc1. The van der Waals surface area contributed by atoms with Gasteiger partial charge in [0.1, 0.15) is 6.04 Å². The van der Waals surface area contributed by atoms with E-state index in [1.807, 2.05) is 0 Å². The molecule has 3 amide bonds. The zero-order valence-electron chi connectivity index (χ0n) is 16.3. The number of piperidine rings is 1. The molecule has 1 unspecified atom stereocenters. The molecule has 1 saturated carbocycles. The Morgan fingerprint density at radius 2 is 1.90 bits per heavy atom. The molecule has 9 nitrogen and oxygen atoms in total. The van der Waals surface area contributed by atoms with Crippen LogP contribution in [-0.4, -0.2) is 51.7 Å². The lowest BCUT2D eigenvalue weighted by molar-refractivity contribution is 0.0952. The Morgan fingerprint density at radius 1 is 1.07 bits per heavy atom. The van der Waals surface area contributed by atoms with Gasteiger partial charge in [-0.05, 0) is 44.2 Å². The quantitative estimate of drug-likeness (QED) is 0.723. The first-order chi connectivity index (χ1) is 14.2. The fourth-order valence-electron chi connectivity index (χ4n) is 3.68. The van der Waals surface area contributed by atoms with E-state index >= 15 is 0 Å². The van der Waals surface area contributed by atoms with Crippen LogP contribution in [0.3, 0.4) is 0 Å². The highest BCUT2D eigenvalue weighted by molar-refractivity contribution is 5.93. The minimum absolute atomic E-state index is 0.172. The zero-order chi connectivity index (χ0) is 20.1. The average molecular weight is 398 g/mol. The Morgan fingerprint density at radius 3 is 2.66 bits per heavy atom. The molecule has 2 fully saturated rings. The first-order valence-corrected chi connectivity index (χ1v) is 10.3. The molecule has 3 heterocycles. The summed E-state index contributed by atoms with van der Waals surface area (Å²) in [4.78, 5) is 30.4. The molecule has 29 heavy (non-hydrogen) atoms. The molecule has 2 N–H and O–H groups in total. The molecular formula is C20H26N6O3. The van der Waals surface area contributed by atoms with Gasteiger partial charge >= 0.3 is 6.03 Å². The van der Waals surface area contributed by atoms with Gasteiger partial charge < -0.3 is 20.0 Å². The highest BCUT2D eigenvalue weighted by atomic mass is 16.4. The van der Waals surface area contributed by atoms with Crippen molar-refractivity contribution in [2.45, 2.75) is 50.5 Å². The number of nitrogens with one attached hydrogen (secondary N) is 2. The fraction of sp³-hybridized carbons (Fsp3) is 0.550. The Kier molecular flexibility index (Phi) is 6.02. The second kappa shape index (κ2) is 9.02. The highest BCUT2D eigenvalue weighted by Crippen LogP contribution is 2.37. The predicted molar refractivity (Wildman–Crippen MR) is 104 cm³/mol. The van der Waals surface area contributed by atoms with Crippen molar-refractivity contribution in [3.8, 4) is 0 Å². The fourth-order valence-corrected chi connectivity index (χ4v) is 3.68. The van der Waals surface area contributed by atoms with E-state index in [9.17, 15) is 9.59 Å². The number of carbonyl (C=O) groups is 2. The lowest BCUT2D eigenvalue weighted by Gasteiger charge is -2.33. The summed E-state index contributed by atoms with van der Waals surface area (Å²) in [5, 5.41) is 14.1. The van der Waals surface area contributed by atoms with Crippen LogP contribution in [-0.2, 0) is 0 Å². The number of carbonyl (C=O) groups excluding carboxylic acids is 2. The van der Waals surface area contributed by atoms with Gasteiger partial charge in [-0.2, -0.15) is 0 Å². The molecule has 2 aromatic heterocycles. The first kappa shape index (κ1) is 19.4. The Balaban J connectivity index is 1.28. The second-order valence-electron chi connectivity index (χ2n) is 7.54. The summed E-state index contributed by atoms with van der Waals surface area (Å²) in [5.74, 6) is 1.41. The predicted octanol–water partition coefficient (Wildman–Crippen LogP) is 2.40. The van der Waals surface area contributed by atoms with E-state index in [0.717, 1.165) is 32.1 Å². The minimum Gasteiger partial charge on any atom is -0.423 e. The summed E-state index contributed by atoms with van der Waals surface area (Å²) in [5.41, 5.74) is 0.494. The lowest BCUT2D eigenvalue weighted by Crippen LogP contribution is -2.46. The third-order valence-corrected chi connectivity index (χ3v) is 5.57. The van der Waals surface area contributed by atoms with Crippen LogP contribution < -0.4 is 10.6 Å². The van der Waals surface area contributed by atoms with Crippen LogP contribution in [0.2, 0.25) is 0 Å². The van der Waals surface area contributed by atoms with Gasteiger partial charge in [0.2, 0.25) is 11.8 Å². The number of hydrogen-bond acceptors (Lipinski definition) is 6. The monoisotopic (exact) mass is 398 g/mol. The van der Waals surface area contributed by atoms with E-state index in [0.29, 0.717) is 42.9 Å². The van der Waals surface area contributed by atoms with Crippen LogP contribution in [0.15, 0.2) is 28.9 Å². The molecule has 0 bridgehead atoms. The van der Waals surface area contributed by atoms with Crippen molar-refractivity contribution in [2.75, 3.05) is 19.6 Å². The summed E-state index contributed by atoms with van der Waals surface area (Å²) in [6.07, 6.45) is 9.32. The van der Waals surface area contributed by atoms with E-state index in [1.54, 1.807) is 23.2 Å². The Hall–Kier alpha value is -2.97. The second-order valence-corrected chi connectivity index (χ2v) is 7.54. The third kappa shape index (κ3) is 4.55. The van der Waals surface area contributed by atoms with Crippen molar-refractivity contribution in [3.05, 3.63) is 41.9 Å². The van der Waals surface area contributed by atoms with Crippen molar-refractivity contribution < 1.29 is 14.0 Å². The molecule has 0 radical (unpaired) electrons. The number of hydrogen-bond donors (Lipinski definition) is 2. The van der Waals surface area contributed by atoms with Crippen molar-refractivity contribution >= 4 is 11.9 Å². The number of aromatic nitrogens is 3. The topological polar surface area (TPSA) is 113 Å². The number of likely N-dealkylation sites (tertiary alicyclic amines) is 1. The van der Waals surface area contributed by atoms with Gasteiger partial charge in [0.05, 0.1) is 5.56 Å². The molecule has 1 saturated heterocycles. The zero-order valence-corrected chi connectivity index (χ0v) is 16.3. The van der Waals surface area contributed by atoms with E-state index in [-0.39, 0.29) is 18.0 Å². The number of urea groups is 1. The van der Waals surface area contributed by atoms with Crippen molar-refractivity contribution in [1.29, 1.82) is 0 Å². The molecule has 154 valence electrons. The van der Waals surface area contributed by atoms with E-state index in [1.165, 1.54) is 12.6 Å².